The highest BCUT2D eigenvalue weighted by molar-refractivity contribution is 8.13. The van der Waals surface area contributed by atoms with Gasteiger partial charge in [0.2, 0.25) is 0 Å². The van der Waals surface area contributed by atoms with Crippen molar-refractivity contribution in [2.75, 3.05) is 12.8 Å². The van der Waals surface area contributed by atoms with Gasteiger partial charge in [0, 0.05) is 18.0 Å². The molecular weight excluding hydrogens is 250 g/mol. The molecule has 0 amide bonds. The third kappa shape index (κ3) is 2.45. The minimum Gasteiger partial charge on any atom is -0.278 e. The lowest BCUT2D eigenvalue weighted by Crippen LogP contribution is -2.05. The maximum atomic E-state index is 4.74. The van der Waals surface area contributed by atoms with Gasteiger partial charge >= 0.3 is 0 Å². The molecular formula is C17H17NS. The SMILES string of the molecule is CSC1=NCC[C@H](c2ccccc2)c2ccccc21. The number of hydrogen-bond acceptors (Lipinski definition) is 2. The molecule has 96 valence electrons. The van der Waals surface area contributed by atoms with E-state index in [4.69, 9.17) is 4.99 Å². The van der Waals surface area contributed by atoms with Crippen LogP contribution >= 0.6 is 11.8 Å². The Kier molecular flexibility index (Phi) is 3.69. The van der Waals surface area contributed by atoms with Crippen LogP contribution in [0.2, 0.25) is 0 Å². The number of rotatable bonds is 1. The topological polar surface area (TPSA) is 12.4 Å². The van der Waals surface area contributed by atoms with Crippen LogP contribution in [0.4, 0.5) is 0 Å². The zero-order chi connectivity index (χ0) is 13.1. The Labute approximate surface area is 118 Å². The smallest absolute Gasteiger partial charge is 0.0977 e. The first-order valence-electron chi connectivity index (χ1n) is 6.63. The summed E-state index contributed by atoms with van der Waals surface area (Å²) in [5.74, 6) is 0.464. The maximum Gasteiger partial charge on any atom is 0.0977 e. The second-order valence-corrected chi connectivity index (χ2v) is 5.53. The molecule has 0 N–H and O–H groups in total. The Hall–Kier alpha value is -1.54. The molecule has 2 aromatic carbocycles. The van der Waals surface area contributed by atoms with E-state index in [1.165, 1.54) is 21.7 Å². The van der Waals surface area contributed by atoms with E-state index in [9.17, 15) is 0 Å². The molecule has 1 aliphatic rings. The Balaban J connectivity index is 2.10. The lowest BCUT2D eigenvalue weighted by molar-refractivity contribution is 0.735. The highest BCUT2D eigenvalue weighted by Crippen LogP contribution is 2.34. The van der Waals surface area contributed by atoms with Gasteiger partial charge < -0.3 is 0 Å². The summed E-state index contributed by atoms with van der Waals surface area (Å²) in [6.45, 7) is 0.907. The van der Waals surface area contributed by atoms with Gasteiger partial charge in [-0.15, -0.1) is 11.8 Å². The molecule has 3 rings (SSSR count). The highest BCUT2D eigenvalue weighted by atomic mass is 32.2. The van der Waals surface area contributed by atoms with Crippen molar-refractivity contribution in [3.63, 3.8) is 0 Å². The summed E-state index contributed by atoms with van der Waals surface area (Å²) in [7, 11) is 0. The molecule has 1 atom stereocenters. The number of nitrogens with zero attached hydrogens (tertiary/aromatic N) is 1. The van der Waals surface area contributed by atoms with Crippen molar-refractivity contribution >= 4 is 16.8 Å². The first kappa shape index (κ1) is 12.5. The van der Waals surface area contributed by atoms with Crippen molar-refractivity contribution in [3.05, 3.63) is 71.3 Å². The average molecular weight is 267 g/mol. The molecule has 0 bridgehead atoms. The van der Waals surface area contributed by atoms with Crippen LogP contribution in [0.15, 0.2) is 59.6 Å². The minimum absolute atomic E-state index is 0.464. The molecule has 0 spiro atoms. The summed E-state index contributed by atoms with van der Waals surface area (Å²) in [4.78, 5) is 4.74. The van der Waals surface area contributed by atoms with Crippen LogP contribution in [0, 0.1) is 0 Å². The van der Waals surface area contributed by atoms with Crippen LogP contribution < -0.4 is 0 Å². The summed E-state index contributed by atoms with van der Waals surface area (Å²) in [6.07, 6.45) is 3.20. The van der Waals surface area contributed by atoms with Gasteiger partial charge in [0.25, 0.3) is 0 Å². The first-order chi connectivity index (χ1) is 9.40. The van der Waals surface area contributed by atoms with Gasteiger partial charge in [-0.25, -0.2) is 0 Å². The van der Waals surface area contributed by atoms with E-state index in [1.807, 2.05) is 0 Å². The normalized spacial score (nSPS) is 18.4. The van der Waals surface area contributed by atoms with Gasteiger partial charge in [-0.2, -0.15) is 0 Å². The predicted molar refractivity (Wildman–Crippen MR) is 84.3 cm³/mol. The quantitative estimate of drug-likeness (QED) is 0.749. The Bertz CT molecular complexity index is 589. The van der Waals surface area contributed by atoms with Crippen molar-refractivity contribution in [2.24, 2.45) is 4.99 Å². The molecule has 2 aromatic rings. The number of hydrogen-bond donors (Lipinski definition) is 0. The number of fused-ring (bicyclic) bond motifs is 1. The van der Waals surface area contributed by atoms with E-state index < -0.39 is 0 Å². The molecule has 1 nitrogen and oxygen atoms in total. The minimum atomic E-state index is 0.464. The van der Waals surface area contributed by atoms with Gasteiger partial charge in [-0.3, -0.25) is 4.99 Å². The van der Waals surface area contributed by atoms with E-state index >= 15 is 0 Å². The zero-order valence-corrected chi connectivity index (χ0v) is 11.9. The van der Waals surface area contributed by atoms with Crippen LogP contribution in [-0.4, -0.2) is 17.8 Å². The second-order valence-electron chi connectivity index (χ2n) is 4.73. The Morgan fingerprint density at radius 2 is 1.74 bits per heavy atom. The monoisotopic (exact) mass is 267 g/mol. The molecule has 0 aliphatic carbocycles. The van der Waals surface area contributed by atoms with E-state index in [-0.39, 0.29) is 0 Å². The molecule has 0 saturated carbocycles. The molecule has 19 heavy (non-hydrogen) atoms. The summed E-state index contributed by atoms with van der Waals surface area (Å²) in [6, 6.07) is 19.5. The van der Waals surface area contributed by atoms with Crippen molar-refractivity contribution in [3.8, 4) is 0 Å². The third-order valence-corrected chi connectivity index (χ3v) is 4.37. The number of benzene rings is 2. The van der Waals surface area contributed by atoms with Crippen LogP contribution in [0.3, 0.4) is 0 Å². The fourth-order valence-electron chi connectivity index (χ4n) is 2.74. The highest BCUT2D eigenvalue weighted by Gasteiger charge is 2.21. The van der Waals surface area contributed by atoms with Crippen molar-refractivity contribution in [1.29, 1.82) is 0 Å². The molecule has 0 radical (unpaired) electrons. The molecule has 0 aromatic heterocycles. The van der Waals surface area contributed by atoms with Crippen LogP contribution in [0.25, 0.3) is 0 Å². The lowest BCUT2D eigenvalue weighted by Gasteiger charge is -2.18. The number of aliphatic imine (C=N–C) groups is 1. The third-order valence-electron chi connectivity index (χ3n) is 3.64. The predicted octanol–water partition coefficient (Wildman–Crippen LogP) is 4.33. The van der Waals surface area contributed by atoms with E-state index in [0.29, 0.717) is 5.92 Å². The molecule has 0 fully saturated rings. The summed E-state index contributed by atoms with van der Waals surface area (Å²) in [5, 5.41) is 1.18. The van der Waals surface area contributed by atoms with Gasteiger partial charge in [0.15, 0.2) is 0 Å². The van der Waals surface area contributed by atoms with Gasteiger partial charge in [0.05, 0.1) is 5.04 Å². The summed E-state index contributed by atoms with van der Waals surface area (Å²) in [5.41, 5.74) is 4.12. The van der Waals surface area contributed by atoms with Crippen molar-refractivity contribution in [1.82, 2.24) is 0 Å². The standard InChI is InChI=1S/C17H17NS/c1-19-17-16-10-6-5-9-15(16)14(11-12-18-17)13-7-3-2-4-8-13/h2-10,14H,11-12H2,1H3/t14-/m1/s1. The van der Waals surface area contributed by atoms with Gasteiger partial charge in [-0.05, 0) is 23.8 Å². The van der Waals surface area contributed by atoms with Crippen molar-refractivity contribution in [2.45, 2.75) is 12.3 Å². The average Bonchev–Trinajstić information content (AvgIpc) is 2.67. The Morgan fingerprint density at radius 1 is 1.00 bits per heavy atom. The zero-order valence-electron chi connectivity index (χ0n) is 11.0. The second kappa shape index (κ2) is 5.62. The van der Waals surface area contributed by atoms with Crippen LogP contribution in [-0.2, 0) is 0 Å². The molecule has 0 saturated heterocycles. The summed E-state index contributed by atoms with van der Waals surface area (Å²) >= 11 is 1.75. The molecule has 1 heterocycles. The number of thioether (sulfide) groups is 1. The maximum absolute atomic E-state index is 4.74. The lowest BCUT2D eigenvalue weighted by atomic mass is 9.86. The molecule has 2 heteroatoms. The summed E-state index contributed by atoms with van der Waals surface area (Å²) < 4.78 is 0. The fraction of sp³-hybridized carbons (Fsp3) is 0.235. The van der Waals surface area contributed by atoms with Gasteiger partial charge in [0.1, 0.15) is 0 Å². The van der Waals surface area contributed by atoms with E-state index in [0.717, 1.165) is 13.0 Å². The molecule has 1 aliphatic heterocycles. The van der Waals surface area contributed by atoms with Crippen LogP contribution in [0.5, 0.6) is 0 Å². The van der Waals surface area contributed by atoms with Crippen LogP contribution in [0.1, 0.15) is 29.0 Å². The first-order valence-corrected chi connectivity index (χ1v) is 7.85. The molecule has 0 unspecified atom stereocenters. The Morgan fingerprint density at radius 3 is 2.53 bits per heavy atom. The van der Waals surface area contributed by atoms with Gasteiger partial charge in [-0.1, -0.05) is 54.6 Å². The fourth-order valence-corrected chi connectivity index (χ4v) is 3.36. The van der Waals surface area contributed by atoms with E-state index in [2.05, 4.69) is 60.9 Å². The largest absolute Gasteiger partial charge is 0.278 e. The van der Waals surface area contributed by atoms with Crippen molar-refractivity contribution < 1.29 is 0 Å². The van der Waals surface area contributed by atoms with E-state index in [1.54, 1.807) is 11.8 Å².